The molecule has 48 valence electrons. The van der Waals surface area contributed by atoms with E-state index in [-0.39, 0.29) is 0 Å². The van der Waals surface area contributed by atoms with Crippen LogP contribution in [0, 0.1) is 0 Å². The van der Waals surface area contributed by atoms with E-state index in [9.17, 15) is 0 Å². The van der Waals surface area contributed by atoms with Crippen LogP contribution in [0.2, 0.25) is 0 Å². The monoisotopic (exact) mass is 157 g/mol. The molecule has 1 nitrogen and oxygen atoms in total. The molecule has 0 amide bonds. The fourth-order valence-electron chi connectivity index (χ4n) is 0.453. The molecule has 0 saturated heterocycles. The minimum atomic E-state index is 0.822. The summed E-state index contributed by atoms with van der Waals surface area (Å²) in [6.45, 7) is 0. The zero-order valence-electron chi connectivity index (χ0n) is 4.78. The van der Waals surface area contributed by atoms with Crippen LogP contribution in [0.15, 0.2) is 30.3 Å². The Morgan fingerprint density at radius 1 is 1.00 bits per heavy atom. The van der Waals surface area contributed by atoms with E-state index in [0.29, 0.717) is 0 Å². The molecule has 0 aliphatic carbocycles. The van der Waals surface area contributed by atoms with Crippen LogP contribution in [0.5, 0.6) is 0 Å². The molecule has 3 heteroatoms. The zero-order valence-corrected chi connectivity index (χ0v) is 6.41. The lowest BCUT2D eigenvalue weighted by Crippen LogP contribution is -1.79. The van der Waals surface area contributed by atoms with Gasteiger partial charge in [0.2, 0.25) is 0 Å². The molecule has 1 aromatic carbocycles. The van der Waals surface area contributed by atoms with Gasteiger partial charge in [-0.25, -0.2) is 0 Å². The van der Waals surface area contributed by atoms with E-state index >= 15 is 0 Å². The maximum Gasteiger partial charge on any atom is 0.0313 e. The van der Waals surface area contributed by atoms with Gasteiger partial charge in [0.1, 0.15) is 0 Å². The molecule has 0 aliphatic rings. The number of hydrogen-bond donors (Lipinski definition) is 1. The van der Waals surface area contributed by atoms with E-state index in [1.165, 1.54) is 0 Å². The lowest BCUT2D eigenvalue weighted by atomic mass is 10.3. The van der Waals surface area contributed by atoms with Crippen LogP contribution in [0.4, 0.5) is 5.69 Å². The predicted molar refractivity (Wildman–Crippen MR) is 45.6 cm³/mol. The van der Waals surface area contributed by atoms with Gasteiger partial charge < -0.3 is 5.73 Å². The third-order valence-corrected chi connectivity index (χ3v) is 0.800. The topological polar surface area (TPSA) is 26.0 Å². The van der Waals surface area contributed by atoms with Gasteiger partial charge in [-0.05, 0) is 12.1 Å². The first kappa shape index (κ1) is 8.46. The molecule has 0 fully saturated rings. The van der Waals surface area contributed by atoms with Crippen molar-refractivity contribution in [3.63, 3.8) is 0 Å². The predicted octanol–water partition coefficient (Wildman–Crippen LogP) is 1.26. The molecule has 0 unspecified atom stereocenters. The molecule has 0 saturated carbocycles. The summed E-state index contributed by atoms with van der Waals surface area (Å²) in [5.74, 6) is 0. The smallest absolute Gasteiger partial charge is 0.0313 e. The molecule has 0 atom stereocenters. The summed E-state index contributed by atoms with van der Waals surface area (Å²) in [5.41, 5.74) is 6.18. The highest BCUT2D eigenvalue weighted by atomic mass is 32.8. The Hall–Kier alpha value is -0.540. The molecule has 1 rings (SSSR count). The quantitative estimate of drug-likeness (QED) is 0.574. The lowest BCUT2D eigenvalue weighted by molar-refractivity contribution is 1.69. The summed E-state index contributed by atoms with van der Waals surface area (Å²) < 4.78 is 0. The Labute approximate surface area is 64.5 Å². The highest BCUT2D eigenvalue weighted by Gasteiger charge is 1.72. The maximum absolute atomic E-state index is 5.36. The van der Waals surface area contributed by atoms with Crippen LogP contribution in [-0.2, 0) is 22.4 Å². The molecule has 9 heavy (non-hydrogen) atoms. The van der Waals surface area contributed by atoms with Gasteiger partial charge in [0.05, 0.1) is 0 Å². The largest absolute Gasteiger partial charge is 0.399 e. The van der Waals surface area contributed by atoms with Crippen LogP contribution in [0.3, 0.4) is 0 Å². The van der Waals surface area contributed by atoms with Gasteiger partial charge >= 0.3 is 0 Å². The number of para-hydroxylation sites is 1. The number of nitrogen functional groups attached to an aromatic ring is 1. The summed E-state index contributed by atoms with van der Waals surface area (Å²) >= 11 is 7.33. The summed E-state index contributed by atoms with van der Waals surface area (Å²) in [4.78, 5) is 0. The van der Waals surface area contributed by atoms with Crippen LogP contribution in [0.1, 0.15) is 0 Å². The highest BCUT2D eigenvalue weighted by molar-refractivity contribution is 8.07. The maximum atomic E-state index is 5.36. The first-order valence-electron chi connectivity index (χ1n) is 2.37. The Morgan fingerprint density at radius 3 is 1.67 bits per heavy atom. The van der Waals surface area contributed by atoms with Gasteiger partial charge in [0.15, 0.2) is 0 Å². The molecule has 0 bridgehead atoms. The number of anilines is 1. The molecule has 2 N–H and O–H groups in total. The summed E-state index contributed by atoms with van der Waals surface area (Å²) in [5, 5.41) is 0. The zero-order chi connectivity index (χ0) is 7.11. The van der Waals surface area contributed by atoms with Gasteiger partial charge in [-0.3, -0.25) is 0 Å². The molecular weight excluding hydrogens is 150 g/mol. The number of nitrogens with two attached hydrogens (primary N) is 1. The fraction of sp³-hybridized carbons (Fsp3) is 0. The second-order valence-corrected chi connectivity index (χ2v) is 1.41. The molecule has 1 aromatic rings. The van der Waals surface area contributed by atoms with Crippen LogP contribution >= 0.6 is 0 Å². The number of rotatable bonds is 0. The minimum absolute atomic E-state index is 0.822. The van der Waals surface area contributed by atoms with Crippen molar-refractivity contribution in [2.24, 2.45) is 0 Å². The molecule has 0 spiro atoms. The Bertz CT molecular complexity index is 152. The number of benzene rings is 1. The van der Waals surface area contributed by atoms with Gasteiger partial charge in [0, 0.05) is 28.1 Å². The average Bonchev–Trinajstić information content (AvgIpc) is 1.94. The highest BCUT2D eigenvalue weighted by Crippen LogP contribution is 1.95. The second-order valence-electron chi connectivity index (χ2n) is 1.41. The van der Waals surface area contributed by atoms with Gasteiger partial charge in [-0.1, -0.05) is 18.2 Å². The minimum Gasteiger partial charge on any atom is -0.399 e. The van der Waals surface area contributed by atoms with E-state index < -0.39 is 0 Å². The van der Waals surface area contributed by atoms with Gasteiger partial charge in [-0.2, -0.15) is 0 Å². The van der Waals surface area contributed by atoms with Gasteiger partial charge in [-0.15, -0.1) is 0 Å². The second kappa shape index (κ2) is 5.59. The molecule has 0 aliphatic heterocycles. The van der Waals surface area contributed by atoms with Crippen molar-refractivity contribution in [2.75, 3.05) is 5.73 Å². The normalized spacial score (nSPS) is 7.11. The van der Waals surface area contributed by atoms with E-state index in [2.05, 4.69) is 22.4 Å². The van der Waals surface area contributed by atoms with Crippen LogP contribution in [-0.4, -0.2) is 0 Å². The van der Waals surface area contributed by atoms with Gasteiger partial charge in [0.25, 0.3) is 0 Å². The standard InChI is InChI=1S/C6H7N.S2/c7-6-4-2-1-3-5-6;1-2/h1-5H,7H2;. The fourth-order valence-corrected chi connectivity index (χ4v) is 0.453. The molecule has 0 radical (unpaired) electrons. The van der Waals surface area contributed by atoms with E-state index in [0.717, 1.165) is 5.69 Å². The van der Waals surface area contributed by atoms with Crippen molar-refractivity contribution in [3.8, 4) is 0 Å². The van der Waals surface area contributed by atoms with Crippen molar-refractivity contribution < 1.29 is 0 Å². The van der Waals surface area contributed by atoms with E-state index in [1.807, 2.05) is 30.3 Å². The molecular formula is C6H7NS2. The van der Waals surface area contributed by atoms with E-state index in [1.54, 1.807) is 0 Å². The summed E-state index contributed by atoms with van der Waals surface area (Å²) in [7, 11) is 0. The SMILES string of the molecule is Nc1ccccc1.S=S. The summed E-state index contributed by atoms with van der Waals surface area (Å²) in [6, 6.07) is 9.49. The number of hydrogen-bond acceptors (Lipinski definition) is 3. The Balaban J connectivity index is 0.000000291. The van der Waals surface area contributed by atoms with Crippen molar-refractivity contribution in [2.45, 2.75) is 0 Å². The average molecular weight is 157 g/mol. The van der Waals surface area contributed by atoms with E-state index in [4.69, 9.17) is 5.73 Å². The lowest BCUT2D eigenvalue weighted by Gasteiger charge is -1.83. The third-order valence-electron chi connectivity index (χ3n) is 0.800. The van der Waals surface area contributed by atoms with Crippen molar-refractivity contribution in [1.82, 2.24) is 0 Å². The first-order valence-corrected chi connectivity index (χ1v) is 3.70. The van der Waals surface area contributed by atoms with Crippen LogP contribution < -0.4 is 5.73 Å². The summed E-state index contributed by atoms with van der Waals surface area (Å²) in [6.07, 6.45) is 0. The van der Waals surface area contributed by atoms with Crippen molar-refractivity contribution in [1.29, 1.82) is 0 Å². The van der Waals surface area contributed by atoms with Crippen molar-refractivity contribution >= 4 is 28.1 Å². The molecule has 0 heterocycles. The van der Waals surface area contributed by atoms with Crippen LogP contribution in [0.25, 0.3) is 0 Å². The Kier molecular flexibility index (Phi) is 5.26. The van der Waals surface area contributed by atoms with Crippen molar-refractivity contribution in [3.05, 3.63) is 30.3 Å². The molecule has 0 aromatic heterocycles. The Morgan fingerprint density at radius 2 is 1.44 bits per heavy atom. The third kappa shape index (κ3) is 4.00. The first-order chi connectivity index (χ1) is 4.39.